The zero-order chi connectivity index (χ0) is 11.5. The Morgan fingerprint density at radius 3 is 2.33 bits per heavy atom. The van der Waals surface area contributed by atoms with Gasteiger partial charge in [-0.1, -0.05) is 12.1 Å². The molecule has 15 heavy (non-hydrogen) atoms. The molecule has 0 amide bonds. The Bertz CT molecular complexity index is 357. The van der Waals surface area contributed by atoms with Crippen molar-refractivity contribution in [1.29, 1.82) is 0 Å². The number of halogens is 4. The summed E-state index contributed by atoms with van der Waals surface area (Å²) in [7, 11) is 0. The molecule has 1 aromatic rings. The maximum Gasteiger partial charge on any atom is 0.389 e. The number of hydrogen-bond donors (Lipinski definition) is 0. The van der Waals surface area contributed by atoms with Crippen molar-refractivity contribution in [3.8, 4) is 0 Å². The Morgan fingerprint density at radius 2 is 1.80 bits per heavy atom. The van der Waals surface area contributed by atoms with Gasteiger partial charge in [0, 0.05) is 6.42 Å². The third-order valence-corrected chi connectivity index (χ3v) is 1.81. The van der Waals surface area contributed by atoms with Gasteiger partial charge in [0.25, 0.3) is 0 Å². The average Bonchev–Trinajstić information content (AvgIpc) is 2.14. The zero-order valence-electron chi connectivity index (χ0n) is 7.64. The summed E-state index contributed by atoms with van der Waals surface area (Å²) in [5.41, 5.74) is -0.290. The molecule has 0 N–H and O–H groups in total. The second-order valence-corrected chi connectivity index (χ2v) is 3.02. The normalized spacial score (nSPS) is 11.5. The first kappa shape index (κ1) is 11.7. The number of ketones is 1. The van der Waals surface area contributed by atoms with Crippen LogP contribution in [0.1, 0.15) is 23.2 Å². The summed E-state index contributed by atoms with van der Waals surface area (Å²) >= 11 is 0. The number of carbonyl (C=O) groups is 1. The van der Waals surface area contributed by atoms with Gasteiger partial charge < -0.3 is 0 Å². The highest BCUT2D eigenvalue weighted by molar-refractivity contribution is 5.96. The molecule has 0 aromatic heterocycles. The minimum atomic E-state index is -4.39. The van der Waals surface area contributed by atoms with Crippen LogP contribution in [-0.2, 0) is 0 Å². The van der Waals surface area contributed by atoms with Crippen LogP contribution in [0.15, 0.2) is 24.3 Å². The monoisotopic (exact) mass is 220 g/mol. The van der Waals surface area contributed by atoms with Crippen LogP contribution in [0.4, 0.5) is 17.6 Å². The number of alkyl halides is 3. The van der Waals surface area contributed by atoms with E-state index in [1.54, 1.807) is 0 Å². The summed E-state index contributed by atoms with van der Waals surface area (Å²) in [5.74, 6) is -1.62. The maximum atomic E-state index is 13.0. The fourth-order valence-electron chi connectivity index (χ4n) is 1.08. The highest BCUT2D eigenvalue weighted by Gasteiger charge is 2.28. The van der Waals surface area contributed by atoms with Gasteiger partial charge in [0.05, 0.1) is 12.0 Å². The topological polar surface area (TPSA) is 17.1 Å². The molecule has 0 unspecified atom stereocenters. The van der Waals surface area contributed by atoms with E-state index in [-0.39, 0.29) is 5.56 Å². The number of benzene rings is 1. The summed E-state index contributed by atoms with van der Waals surface area (Å²) < 4.78 is 48.3. The summed E-state index contributed by atoms with van der Waals surface area (Å²) in [5, 5.41) is 0. The van der Waals surface area contributed by atoms with Crippen LogP contribution < -0.4 is 0 Å². The van der Waals surface area contributed by atoms with E-state index in [2.05, 4.69) is 0 Å². The molecule has 0 saturated carbocycles. The van der Waals surface area contributed by atoms with Gasteiger partial charge in [-0.25, -0.2) is 4.39 Å². The number of rotatable bonds is 3. The molecule has 0 bridgehead atoms. The number of Topliss-reactive ketones (excluding diaryl/α,β-unsaturated/α-hetero) is 1. The van der Waals surface area contributed by atoms with E-state index in [1.165, 1.54) is 18.2 Å². The number of hydrogen-bond acceptors (Lipinski definition) is 1. The molecular formula is C10H8F4O. The smallest absolute Gasteiger partial charge is 0.294 e. The third-order valence-electron chi connectivity index (χ3n) is 1.81. The molecular weight excluding hydrogens is 212 g/mol. The van der Waals surface area contributed by atoms with Crippen LogP contribution in [0.25, 0.3) is 0 Å². The zero-order valence-corrected chi connectivity index (χ0v) is 7.64. The molecule has 0 saturated heterocycles. The Hall–Kier alpha value is -1.39. The lowest BCUT2D eigenvalue weighted by Gasteiger charge is -2.05. The lowest BCUT2D eigenvalue weighted by Crippen LogP contribution is -2.11. The van der Waals surface area contributed by atoms with Gasteiger partial charge in [0.1, 0.15) is 5.82 Å². The molecule has 0 aliphatic rings. The predicted molar refractivity (Wildman–Crippen MR) is 46.0 cm³/mol. The summed E-state index contributed by atoms with van der Waals surface area (Å²) in [6.07, 6.45) is -6.33. The average molecular weight is 220 g/mol. The van der Waals surface area contributed by atoms with Crippen LogP contribution in [0.2, 0.25) is 0 Å². The van der Waals surface area contributed by atoms with Gasteiger partial charge in [0.15, 0.2) is 5.78 Å². The lowest BCUT2D eigenvalue weighted by molar-refractivity contribution is -0.133. The molecule has 0 fully saturated rings. The van der Waals surface area contributed by atoms with Gasteiger partial charge in [-0.15, -0.1) is 0 Å². The molecule has 1 aromatic carbocycles. The van der Waals surface area contributed by atoms with Crippen molar-refractivity contribution in [3.05, 3.63) is 35.6 Å². The van der Waals surface area contributed by atoms with Crippen molar-refractivity contribution >= 4 is 5.78 Å². The van der Waals surface area contributed by atoms with E-state index < -0.39 is 30.6 Å². The SMILES string of the molecule is O=C(CCC(F)(F)F)c1ccccc1F. The van der Waals surface area contributed by atoms with Gasteiger partial charge in [-0.05, 0) is 12.1 Å². The summed E-state index contributed by atoms with van der Waals surface area (Å²) in [6, 6.07) is 4.99. The Balaban J connectivity index is 2.66. The second kappa shape index (κ2) is 4.42. The van der Waals surface area contributed by atoms with Gasteiger partial charge in [-0.3, -0.25) is 4.79 Å². The molecule has 0 aliphatic heterocycles. The van der Waals surface area contributed by atoms with Gasteiger partial charge in [0.2, 0.25) is 0 Å². The van der Waals surface area contributed by atoms with Crippen molar-refractivity contribution in [3.63, 3.8) is 0 Å². The van der Waals surface area contributed by atoms with E-state index in [0.717, 1.165) is 6.07 Å². The van der Waals surface area contributed by atoms with Crippen LogP contribution in [-0.4, -0.2) is 12.0 Å². The molecule has 82 valence electrons. The van der Waals surface area contributed by atoms with E-state index in [0.29, 0.717) is 0 Å². The summed E-state index contributed by atoms with van der Waals surface area (Å²) in [6.45, 7) is 0. The summed E-state index contributed by atoms with van der Waals surface area (Å²) in [4.78, 5) is 11.2. The lowest BCUT2D eigenvalue weighted by atomic mass is 10.1. The quantitative estimate of drug-likeness (QED) is 0.564. The molecule has 0 heterocycles. The molecule has 5 heteroatoms. The van der Waals surface area contributed by atoms with Crippen molar-refractivity contribution in [1.82, 2.24) is 0 Å². The fraction of sp³-hybridized carbons (Fsp3) is 0.300. The van der Waals surface area contributed by atoms with Crippen LogP contribution in [0, 0.1) is 5.82 Å². The van der Waals surface area contributed by atoms with E-state index >= 15 is 0 Å². The van der Waals surface area contributed by atoms with E-state index in [1.807, 2.05) is 0 Å². The predicted octanol–water partition coefficient (Wildman–Crippen LogP) is 3.35. The first-order valence-corrected chi connectivity index (χ1v) is 4.24. The van der Waals surface area contributed by atoms with Crippen LogP contribution >= 0.6 is 0 Å². The van der Waals surface area contributed by atoms with E-state index in [4.69, 9.17) is 0 Å². The van der Waals surface area contributed by atoms with Crippen LogP contribution in [0.5, 0.6) is 0 Å². The van der Waals surface area contributed by atoms with Gasteiger partial charge >= 0.3 is 6.18 Å². The van der Waals surface area contributed by atoms with Crippen molar-refractivity contribution in [2.75, 3.05) is 0 Å². The maximum absolute atomic E-state index is 13.0. The highest BCUT2D eigenvalue weighted by atomic mass is 19.4. The van der Waals surface area contributed by atoms with E-state index in [9.17, 15) is 22.4 Å². The molecule has 0 aliphatic carbocycles. The molecule has 1 rings (SSSR count). The largest absolute Gasteiger partial charge is 0.389 e. The Labute approximate surface area is 83.7 Å². The van der Waals surface area contributed by atoms with Crippen LogP contribution in [0.3, 0.4) is 0 Å². The van der Waals surface area contributed by atoms with Crippen molar-refractivity contribution in [2.45, 2.75) is 19.0 Å². The molecule has 0 atom stereocenters. The fourth-order valence-corrected chi connectivity index (χ4v) is 1.08. The Kier molecular flexibility index (Phi) is 3.44. The van der Waals surface area contributed by atoms with Gasteiger partial charge in [-0.2, -0.15) is 13.2 Å². The molecule has 1 nitrogen and oxygen atoms in total. The molecule has 0 spiro atoms. The minimum Gasteiger partial charge on any atom is -0.294 e. The van der Waals surface area contributed by atoms with Crippen molar-refractivity contribution in [2.24, 2.45) is 0 Å². The first-order chi connectivity index (χ1) is 6.90. The standard InChI is InChI=1S/C10H8F4O/c11-8-4-2-1-3-7(8)9(15)5-6-10(12,13)14/h1-4H,5-6H2. The van der Waals surface area contributed by atoms with Crippen molar-refractivity contribution < 1.29 is 22.4 Å². The molecule has 0 radical (unpaired) electrons. The minimum absolute atomic E-state index is 0.290. The Morgan fingerprint density at radius 1 is 1.20 bits per heavy atom. The first-order valence-electron chi connectivity index (χ1n) is 4.24. The number of carbonyl (C=O) groups excluding carboxylic acids is 1. The third kappa shape index (κ3) is 3.69. The second-order valence-electron chi connectivity index (χ2n) is 3.02. The highest BCUT2D eigenvalue weighted by Crippen LogP contribution is 2.23.